The summed E-state index contributed by atoms with van der Waals surface area (Å²) in [6.07, 6.45) is 0. The minimum atomic E-state index is -0.210. The Kier molecular flexibility index (Phi) is 4.89. The molecule has 0 N–H and O–H groups in total. The van der Waals surface area contributed by atoms with Gasteiger partial charge in [-0.3, -0.25) is 0 Å². The van der Waals surface area contributed by atoms with E-state index in [0.29, 0.717) is 11.1 Å². The zero-order valence-corrected chi connectivity index (χ0v) is 21.7. The molecule has 0 fully saturated rings. The summed E-state index contributed by atoms with van der Waals surface area (Å²) in [5.74, 6) is 0. The monoisotopic (exact) mass is 500 g/mol. The summed E-state index contributed by atoms with van der Waals surface area (Å²) in [4.78, 5) is 2.19. The first kappa shape index (κ1) is 22.8. The van der Waals surface area contributed by atoms with Crippen LogP contribution in [0, 0.1) is 22.7 Å². The number of nitriles is 2. The zero-order valence-electron chi connectivity index (χ0n) is 21.7. The molecule has 0 spiro atoms. The summed E-state index contributed by atoms with van der Waals surface area (Å²) in [6, 6.07) is 41.8. The van der Waals surface area contributed by atoms with Gasteiger partial charge in [0.1, 0.15) is 12.1 Å². The summed E-state index contributed by atoms with van der Waals surface area (Å²) >= 11 is 0. The van der Waals surface area contributed by atoms with Crippen molar-refractivity contribution in [2.75, 3.05) is 4.90 Å². The van der Waals surface area contributed by atoms with E-state index in [2.05, 4.69) is 96.1 Å². The van der Waals surface area contributed by atoms with Crippen molar-refractivity contribution in [3.05, 3.63) is 131 Å². The number of fused-ring (bicyclic) bond motifs is 5. The number of nitrogens with zero attached hydrogens (tertiary/aromatic N) is 4. The third kappa shape index (κ3) is 3.16. The third-order valence-corrected chi connectivity index (χ3v) is 8.05. The Hall–Kier alpha value is -5.32. The highest BCUT2D eigenvalue weighted by atomic mass is 15.2. The molecule has 7 rings (SSSR count). The first-order valence-electron chi connectivity index (χ1n) is 13.0. The maximum Gasteiger partial charge on any atom is 0.101 e. The molecule has 4 nitrogen and oxygen atoms in total. The molecule has 0 amide bonds. The van der Waals surface area contributed by atoms with Gasteiger partial charge in [-0.05, 0) is 47.5 Å². The van der Waals surface area contributed by atoms with E-state index in [4.69, 9.17) is 0 Å². The lowest BCUT2D eigenvalue weighted by molar-refractivity contribution is 0.632. The van der Waals surface area contributed by atoms with Gasteiger partial charge in [0.15, 0.2) is 0 Å². The fourth-order valence-corrected chi connectivity index (χ4v) is 6.24. The van der Waals surface area contributed by atoms with Crippen LogP contribution in [0.25, 0.3) is 27.5 Å². The largest absolute Gasteiger partial charge is 0.308 e. The molecule has 0 aliphatic carbocycles. The molecule has 0 radical (unpaired) electrons. The van der Waals surface area contributed by atoms with Crippen LogP contribution in [0.1, 0.15) is 36.1 Å². The maximum absolute atomic E-state index is 10.3. The molecule has 184 valence electrons. The lowest BCUT2D eigenvalue weighted by atomic mass is 9.73. The Morgan fingerprint density at radius 3 is 1.54 bits per heavy atom. The van der Waals surface area contributed by atoms with Crippen molar-refractivity contribution in [1.29, 1.82) is 10.5 Å². The molecule has 0 atom stereocenters. The van der Waals surface area contributed by atoms with Crippen molar-refractivity contribution >= 4 is 38.9 Å². The standard InChI is InChI=1S/C35H24N4/c1-35(2)27-13-5-9-17-31(27)39(32-18-10-6-14-28(32)35)34-20-33(23(21-36)19-24(34)22-37)38-29-15-7-3-11-25(29)26-12-4-8-16-30(26)38/h3-20H,1-2H3. The van der Waals surface area contributed by atoms with Crippen LogP contribution in [-0.4, -0.2) is 4.57 Å². The Morgan fingerprint density at radius 1 is 0.538 bits per heavy atom. The summed E-state index contributed by atoms with van der Waals surface area (Å²) < 4.78 is 2.15. The Morgan fingerprint density at radius 2 is 1.00 bits per heavy atom. The molecular weight excluding hydrogens is 476 g/mol. The van der Waals surface area contributed by atoms with Crippen molar-refractivity contribution in [1.82, 2.24) is 4.57 Å². The van der Waals surface area contributed by atoms with E-state index < -0.39 is 0 Å². The molecule has 0 saturated carbocycles. The van der Waals surface area contributed by atoms with Gasteiger partial charge in [0, 0.05) is 16.2 Å². The molecule has 39 heavy (non-hydrogen) atoms. The Bertz CT molecular complexity index is 1930. The average molecular weight is 501 g/mol. The van der Waals surface area contributed by atoms with Gasteiger partial charge in [-0.2, -0.15) is 10.5 Å². The van der Waals surface area contributed by atoms with E-state index in [9.17, 15) is 10.5 Å². The zero-order chi connectivity index (χ0) is 26.7. The number of benzene rings is 5. The Balaban J connectivity index is 1.59. The number of hydrogen-bond donors (Lipinski definition) is 0. The van der Waals surface area contributed by atoms with E-state index in [1.54, 1.807) is 6.07 Å². The summed E-state index contributed by atoms with van der Waals surface area (Å²) in [5, 5.41) is 22.9. The SMILES string of the molecule is CC1(C)c2ccccc2N(c2cc(-n3c4ccccc4c4ccccc43)c(C#N)cc2C#N)c2ccccc21. The predicted molar refractivity (Wildman–Crippen MR) is 157 cm³/mol. The van der Waals surface area contributed by atoms with Crippen molar-refractivity contribution in [2.24, 2.45) is 0 Å². The second-order valence-corrected chi connectivity index (χ2v) is 10.5. The highest BCUT2D eigenvalue weighted by molar-refractivity contribution is 6.09. The molecule has 0 saturated heterocycles. The second kappa shape index (κ2) is 8.35. The lowest BCUT2D eigenvalue weighted by Crippen LogP contribution is -2.30. The molecule has 0 bridgehead atoms. The van der Waals surface area contributed by atoms with Crippen molar-refractivity contribution in [3.8, 4) is 17.8 Å². The molecule has 1 aliphatic heterocycles. The summed E-state index contributed by atoms with van der Waals surface area (Å²) in [6.45, 7) is 4.49. The van der Waals surface area contributed by atoms with E-state index >= 15 is 0 Å². The molecule has 1 aromatic heterocycles. The van der Waals surface area contributed by atoms with Crippen LogP contribution in [0.15, 0.2) is 109 Å². The normalized spacial score (nSPS) is 13.5. The van der Waals surface area contributed by atoms with Crippen LogP contribution in [0.2, 0.25) is 0 Å². The quantitative estimate of drug-likeness (QED) is 0.239. The molecule has 5 aromatic carbocycles. The van der Waals surface area contributed by atoms with Gasteiger partial charge < -0.3 is 9.47 Å². The van der Waals surface area contributed by atoms with Gasteiger partial charge in [0.25, 0.3) is 0 Å². The number of hydrogen-bond acceptors (Lipinski definition) is 3. The highest BCUT2D eigenvalue weighted by Crippen LogP contribution is 2.52. The highest BCUT2D eigenvalue weighted by Gasteiger charge is 2.37. The van der Waals surface area contributed by atoms with Crippen LogP contribution >= 0.6 is 0 Å². The van der Waals surface area contributed by atoms with E-state index in [0.717, 1.165) is 44.6 Å². The fourth-order valence-electron chi connectivity index (χ4n) is 6.24. The molecule has 0 unspecified atom stereocenters. The van der Waals surface area contributed by atoms with Gasteiger partial charge in [-0.15, -0.1) is 0 Å². The van der Waals surface area contributed by atoms with Crippen molar-refractivity contribution in [3.63, 3.8) is 0 Å². The number of para-hydroxylation sites is 4. The number of rotatable bonds is 2. The summed E-state index contributed by atoms with van der Waals surface area (Å²) in [7, 11) is 0. The van der Waals surface area contributed by atoms with Gasteiger partial charge in [-0.1, -0.05) is 86.6 Å². The molecule has 6 aromatic rings. The minimum absolute atomic E-state index is 0.210. The predicted octanol–water partition coefficient (Wildman–Crippen LogP) is 8.64. The second-order valence-electron chi connectivity index (χ2n) is 10.5. The third-order valence-electron chi connectivity index (χ3n) is 8.05. The smallest absolute Gasteiger partial charge is 0.101 e. The van der Waals surface area contributed by atoms with Crippen LogP contribution in [0.5, 0.6) is 0 Å². The average Bonchev–Trinajstić information content (AvgIpc) is 3.31. The van der Waals surface area contributed by atoms with Crippen LogP contribution in [-0.2, 0) is 5.41 Å². The van der Waals surface area contributed by atoms with Crippen LogP contribution in [0.4, 0.5) is 17.1 Å². The first-order valence-corrected chi connectivity index (χ1v) is 13.0. The number of anilines is 3. The van der Waals surface area contributed by atoms with Crippen molar-refractivity contribution < 1.29 is 0 Å². The van der Waals surface area contributed by atoms with Gasteiger partial charge in [-0.25, -0.2) is 0 Å². The lowest BCUT2D eigenvalue weighted by Gasteiger charge is -2.42. The van der Waals surface area contributed by atoms with Gasteiger partial charge >= 0.3 is 0 Å². The maximum atomic E-state index is 10.3. The number of aromatic nitrogens is 1. The molecular formula is C35H24N4. The van der Waals surface area contributed by atoms with Crippen LogP contribution in [0.3, 0.4) is 0 Å². The summed E-state index contributed by atoms with van der Waals surface area (Å²) in [5.41, 5.74) is 8.71. The van der Waals surface area contributed by atoms with E-state index in [-0.39, 0.29) is 5.41 Å². The van der Waals surface area contributed by atoms with Crippen LogP contribution < -0.4 is 4.90 Å². The van der Waals surface area contributed by atoms with Crippen molar-refractivity contribution in [2.45, 2.75) is 19.3 Å². The molecule has 1 aliphatic rings. The first-order chi connectivity index (χ1) is 19.0. The van der Waals surface area contributed by atoms with Gasteiger partial charge in [0.2, 0.25) is 0 Å². The fraction of sp³-hybridized carbons (Fsp3) is 0.0857. The molecule has 4 heteroatoms. The minimum Gasteiger partial charge on any atom is -0.308 e. The Labute approximate surface area is 227 Å². The van der Waals surface area contributed by atoms with E-state index in [1.165, 1.54) is 11.1 Å². The van der Waals surface area contributed by atoms with Gasteiger partial charge in [0.05, 0.1) is 44.9 Å². The molecule has 2 heterocycles. The van der Waals surface area contributed by atoms with E-state index in [1.807, 2.05) is 42.5 Å². The topological polar surface area (TPSA) is 55.8 Å².